The number of hydrogen-bond donors (Lipinski definition) is 0. The van der Waals surface area contributed by atoms with E-state index in [9.17, 15) is 22.8 Å². The summed E-state index contributed by atoms with van der Waals surface area (Å²) in [6.07, 6.45) is 1.72. The van der Waals surface area contributed by atoms with Gasteiger partial charge in [-0.25, -0.2) is 9.59 Å². The summed E-state index contributed by atoms with van der Waals surface area (Å²) in [5.74, 6) is -1.30. The zero-order valence-electron chi connectivity index (χ0n) is 18.2. The van der Waals surface area contributed by atoms with E-state index in [1.165, 1.54) is 18.2 Å². The van der Waals surface area contributed by atoms with Gasteiger partial charge in [0.05, 0.1) is 11.2 Å². The van der Waals surface area contributed by atoms with Gasteiger partial charge in [-0.1, -0.05) is 30.9 Å². The second kappa shape index (κ2) is 8.82. The monoisotopic (exact) mass is 462 g/mol. The van der Waals surface area contributed by atoms with Crippen LogP contribution in [0.5, 0.6) is 0 Å². The Balaban J connectivity index is 1.39. The van der Waals surface area contributed by atoms with Crippen LogP contribution in [0.15, 0.2) is 54.1 Å². The van der Waals surface area contributed by atoms with Crippen LogP contribution in [0.2, 0.25) is 0 Å². The smallest absolute Gasteiger partial charge is 0.416 e. The fourth-order valence-electron chi connectivity index (χ4n) is 4.52. The summed E-state index contributed by atoms with van der Waals surface area (Å²) in [6.45, 7) is 5.88. The molecule has 0 N–H and O–H groups in total. The maximum absolute atomic E-state index is 13.1. The zero-order chi connectivity index (χ0) is 23.8. The minimum Gasteiger partial charge on any atom is -0.458 e. The van der Waals surface area contributed by atoms with Gasteiger partial charge in [-0.2, -0.15) is 13.2 Å². The topological polar surface area (TPSA) is 65.1 Å². The molecule has 5 nitrogen and oxygen atoms in total. The molecule has 1 aromatic carbocycles. The third-order valence-corrected chi connectivity index (χ3v) is 6.50. The van der Waals surface area contributed by atoms with Gasteiger partial charge in [0.25, 0.3) is 0 Å². The molecule has 33 heavy (non-hydrogen) atoms. The number of rotatable bonds is 4. The molecule has 2 saturated heterocycles. The van der Waals surface area contributed by atoms with Crippen LogP contribution in [0.4, 0.5) is 13.2 Å². The van der Waals surface area contributed by atoms with Crippen LogP contribution in [0, 0.1) is 5.92 Å². The van der Waals surface area contributed by atoms with Gasteiger partial charge in [-0.15, -0.1) is 0 Å². The number of halogens is 3. The molecule has 2 fully saturated rings. The van der Waals surface area contributed by atoms with E-state index < -0.39 is 23.7 Å². The van der Waals surface area contributed by atoms with Crippen molar-refractivity contribution in [2.75, 3.05) is 6.61 Å². The molecule has 1 aromatic rings. The first kappa shape index (κ1) is 23.3. The van der Waals surface area contributed by atoms with E-state index >= 15 is 0 Å². The molecule has 0 amide bonds. The van der Waals surface area contributed by atoms with Crippen LogP contribution in [0.1, 0.15) is 43.7 Å². The molecule has 176 valence electrons. The Morgan fingerprint density at radius 3 is 2.85 bits per heavy atom. The largest absolute Gasteiger partial charge is 0.458 e. The number of benzene rings is 1. The molecule has 8 heteroatoms. The van der Waals surface area contributed by atoms with Crippen LogP contribution >= 0.6 is 0 Å². The van der Waals surface area contributed by atoms with Crippen molar-refractivity contribution in [3.8, 4) is 0 Å². The lowest BCUT2D eigenvalue weighted by molar-refractivity contribution is -0.140. The van der Waals surface area contributed by atoms with Gasteiger partial charge in [0.15, 0.2) is 0 Å². The summed E-state index contributed by atoms with van der Waals surface area (Å²) in [5.41, 5.74) is 0.0174. The molecule has 0 unspecified atom stereocenters. The lowest BCUT2D eigenvalue weighted by Gasteiger charge is -2.20. The Kier molecular flexibility index (Phi) is 6.22. The van der Waals surface area contributed by atoms with Gasteiger partial charge in [-0.05, 0) is 55.9 Å². The first-order chi connectivity index (χ1) is 15.6. The van der Waals surface area contributed by atoms with E-state index in [4.69, 9.17) is 14.2 Å². The molecule has 3 aliphatic rings. The van der Waals surface area contributed by atoms with Crippen LogP contribution in [0.3, 0.4) is 0 Å². The Bertz CT molecular complexity index is 1030. The van der Waals surface area contributed by atoms with Gasteiger partial charge in [0.2, 0.25) is 0 Å². The predicted molar refractivity (Wildman–Crippen MR) is 114 cm³/mol. The lowest BCUT2D eigenvalue weighted by atomic mass is 9.84. The van der Waals surface area contributed by atoms with Crippen molar-refractivity contribution in [2.24, 2.45) is 5.92 Å². The van der Waals surface area contributed by atoms with Crippen molar-refractivity contribution in [1.29, 1.82) is 0 Å². The molecule has 0 radical (unpaired) electrons. The fraction of sp³-hybridized carbons (Fsp3) is 0.440. The molecule has 1 aliphatic carbocycles. The van der Waals surface area contributed by atoms with Gasteiger partial charge in [-0.3, -0.25) is 0 Å². The van der Waals surface area contributed by atoms with Crippen molar-refractivity contribution in [3.05, 3.63) is 65.3 Å². The highest BCUT2D eigenvalue weighted by atomic mass is 19.4. The summed E-state index contributed by atoms with van der Waals surface area (Å²) < 4.78 is 56.0. The fourth-order valence-corrected chi connectivity index (χ4v) is 4.52. The first-order valence-corrected chi connectivity index (χ1v) is 10.8. The van der Waals surface area contributed by atoms with Gasteiger partial charge >= 0.3 is 18.1 Å². The third-order valence-electron chi connectivity index (χ3n) is 6.50. The second-order valence-electron chi connectivity index (χ2n) is 8.82. The standard InChI is InChI=1S/C25H25F3O5/c1-15-18-11-9-16(6-5-13-24(2)22(33-24)21(18)32-23(15)30)14-31-20(29)12-10-17-7-3-4-8-19(17)25(26,27)28/h3-4,6-8,10,12,18,21-22H,1,5,9,11,13-14H2,2H3/b12-10+,16-6+/t18-,21-,22-,24+/m0/s1. The molecular formula is C25H25F3O5. The molecule has 4 atom stereocenters. The predicted octanol–water partition coefficient (Wildman–Crippen LogP) is 5.02. The average molecular weight is 462 g/mol. The van der Waals surface area contributed by atoms with Crippen LogP contribution in [-0.4, -0.2) is 36.4 Å². The normalized spacial score (nSPS) is 31.3. The van der Waals surface area contributed by atoms with E-state index in [1.807, 2.05) is 13.0 Å². The molecule has 0 spiro atoms. The highest BCUT2D eigenvalue weighted by molar-refractivity contribution is 5.91. The molecular weight excluding hydrogens is 437 g/mol. The Labute approximate surface area is 189 Å². The number of ether oxygens (including phenoxy) is 3. The number of fused-ring (bicyclic) bond motifs is 3. The van der Waals surface area contributed by atoms with Gasteiger partial charge < -0.3 is 14.2 Å². The number of hydrogen-bond acceptors (Lipinski definition) is 5. The Morgan fingerprint density at radius 2 is 2.09 bits per heavy atom. The number of esters is 2. The summed E-state index contributed by atoms with van der Waals surface area (Å²) in [5, 5.41) is 0. The lowest BCUT2D eigenvalue weighted by Crippen LogP contribution is -2.29. The molecule has 0 aromatic heterocycles. The number of carbonyl (C=O) groups excluding carboxylic acids is 2. The van der Waals surface area contributed by atoms with E-state index in [0.717, 1.165) is 30.2 Å². The number of alkyl halides is 3. The van der Waals surface area contributed by atoms with Crippen molar-refractivity contribution in [1.82, 2.24) is 0 Å². The summed E-state index contributed by atoms with van der Waals surface area (Å²) in [6, 6.07) is 5.02. The van der Waals surface area contributed by atoms with Crippen molar-refractivity contribution >= 4 is 18.0 Å². The molecule has 2 heterocycles. The third kappa shape index (κ3) is 5.05. The Morgan fingerprint density at radius 1 is 1.33 bits per heavy atom. The first-order valence-electron chi connectivity index (χ1n) is 10.8. The second-order valence-corrected chi connectivity index (χ2v) is 8.82. The van der Waals surface area contributed by atoms with E-state index in [1.54, 1.807) is 0 Å². The summed E-state index contributed by atoms with van der Waals surface area (Å²) in [7, 11) is 0. The molecule has 2 aliphatic heterocycles. The van der Waals surface area contributed by atoms with Crippen LogP contribution < -0.4 is 0 Å². The number of allylic oxidation sites excluding steroid dienone is 1. The van der Waals surface area contributed by atoms with Crippen LogP contribution in [-0.2, 0) is 30.0 Å². The van der Waals surface area contributed by atoms with E-state index in [-0.39, 0.29) is 35.9 Å². The number of carbonyl (C=O) groups is 2. The zero-order valence-corrected chi connectivity index (χ0v) is 18.2. The minimum absolute atomic E-state index is 0.0176. The SMILES string of the molecule is C=C1C(=O)O[C@H]2[C@H]1CC/C(COC(=O)/C=C/c1ccccc1C(F)(F)F)=C\CC[C@@]1(C)O[C@@H]21. The average Bonchev–Trinajstić information content (AvgIpc) is 3.35. The number of epoxide rings is 1. The van der Waals surface area contributed by atoms with Gasteiger partial charge in [0, 0.05) is 17.6 Å². The minimum atomic E-state index is -4.51. The van der Waals surface area contributed by atoms with E-state index in [2.05, 4.69) is 6.58 Å². The van der Waals surface area contributed by atoms with Crippen LogP contribution in [0.25, 0.3) is 6.08 Å². The maximum Gasteiger partial charge on any atom is 0.416 e. The molecule has 0 saturated carbocycles. The quantitative estimate of drug-likeness (QED) is 0.272. The summed E-state index contributed by atoms with van der Waals surface area (Å²) in [4.78, 5) is 24.2. The van der Waals surface area contributed by atoms with Gasteiger partial charge in [0.1, 0.15) is 18.8 Å². The van der Waals surface area contributed by atoms with E-state index in [0.29, 0.717) is 24.8 Å². The Hall–Kier alpha value is -2.87. The molecule has 4 rings (SSSR count). The molecule has 0 bridgehead atoms. The maximum atomic E-state index is 13.1. The van der Waals surface area contributed by atoms with Crippen molar-refractivity contribution < 1.29 is 37.0 Å². The summed E-state index contributed by atoms with van der Waals surface area (Å²) >= 11 is 0. The van der Waals surface area contributed by atoms with Crippen molar-refractivity contribution in [3.63, 3.8) is 0 Å². The van der Waals surface area contributed by atoms with Crippen molar-refractivity contribution in [2.45, 2.75) is 56.6 Å². The highest BCUT2D eigenvalue weighted by Crippen LogP contribution is 2.49. The highest BCUT2D eigenvalue weighted by Gasteiger charge is 2.61.